The van der Waals surface area contributed by atoms with E-state index in [0.717, 1.165) is 13.8 Å². The van der Waals surface area contributed by atoms with Gasteiger partial charge in [0.1, 0.15) is 43.2 Å². The van der Waals surface area contributed by atoms with Crippen molar-refractivity contribution in [2.45, 2.75) is 93.2 Å². The van der Waals surface area contributed by atoms with E-state index in [0.29, 0.717) is 11.8 Å². The number of esters is 1. The summed E-state index contributed by atoms with van der Waals surface area (Å²) >= 11 is 0.557. The summed E-state index contributed by atoms with van der Waals surface area (Å²) in [6.45, 7) is 2.70. The van der Waals surface area contributed by atoms with E-state index in [-0.39, 0.29) is 5.75 Å². The van der Waals surface area contributed by atoms with Gasteiger partial charge in [0.15, 0.2) is 6.29 Å². The Morgan fingerprint density at radius 3 is 2.13 bits per heavy atom. The number of hydrogen-bond donors (Lipinski definition) is 8. The molecule has 2 saturated heterocycles. The Labute approximate surface area is 227 Å². The van der Waals surface area contributed by atoms with Gasteiger partial charge in [0.2, 0.25) is 16.7 Å². The minimum absolute atomic E-state index is 0.340. The first-order chi connectivity index (χ1) is 18.1. The van der Waals surface area contributed by atoms with Gasteiger partial charge in [0.05, 0.1) is 18.2 Å². The minimum Gasteiger partial charge on any atom is -0.478 e. The van der Waals surface area contributed by atoms with Crippen LogP contribution in [0.1, 0.15) is 27.2 Å². The Hall–Kier alpha value is -2.09. The van der Waals surface area contributed by atoms with Gasteiger partial charge in [-0.05, 0) is 0 Å². The normalized spacial score (nSPS) is 36.3. The molecular formula is C22H36N2O14S. The van der Waals surface area contributed by atoms with Crippen LogP contribution < -0.4 is 10.6 Å². The highest BCUT2D eigenvalue weighted by atomic mass is 32.2. The molecule has 39 heavy (non-hydrogen) atoms. The van der Waals surface area contributed by atoms with Crippen molar-refractivity contribution < 1.29 is 68.8 Å². The Balaban J connectivity index is 2.29. The number of ether oxygens (including phenoxy) is 4. The third-order valence-corrected chi connectivity index (χ3v) is 7.64. The molecular weight excluding hydrogens is 548 g/mol. The van der Waals surface area contributed by atoms with E-state index in [1.54, 1.807) is 0 Å². The molecule has 2 rings (SSSR count). The van der Waals surface area contributed by atoms with E-state index in [1.807, 2.05) is 0 Å². The number of amides is 2. The smallest absolute Gasteiger partial charge is 0.346 e. The Kier molecular flexibility index (Phi) is 11.9. The Morgan fingerprint density at radius 1 is 1.03 bits per heavy atom. The van der Waals surface area contributed by atoms with Crippen LogP contribution in [-0.4, -0.2) is 140 Å². The van der Waals surface area contributed by atoms with Crippen LogP contribution in [0.15, 0.2) is 0 Å². The number of carboxylic acid groups (broad SMARTS) is 1. The molecule has 0 saturated carbocycles. The molecule has 0 aliphatic carbocycles. The van der Waals surface area contributed by atoms with Crippen LogP contribution in [0, 0.1) is 0 Å². The van der Waals surface area contributed by atoms with Gasteiger partial charge in [-0.1, -0.05) is 0 Å². The fourth-order valence-electron chi connectivity index (χ4n) is 4.35. The minimum atomic E-state index is -2.29. The lowest BCUT2D eigenvalue weighted by atomic mass is 9.89. The molecule has 2 aliphatic heterocycles. The highest BCUT2D eigenvalue weighted by Crippen LogP contribution is 2.41. The molecule has 0 aromatic heterocycles. The number of carbonyl (C=O) groups is 4. The SMILES string of the molecule is COC1OC(CSC2(C(=O)O)CC(O)C(NC(C)=O)C(C(O)C(O)COC(C)=O)O2)C(O)C(O)C1NC(C)=O. The number of thioether (sulfide) groups is 1. The largest absolute Gasteiger partial charge is 0.478 e. The molecule has 11 atom stereocenters. The zero-order chi connectivity index (χ0) is 29.7. The fourth-order valence-corrected chi connectivity index (χ4v) is 5.65. The van der Waals surface area contributed by atoms with E-state index >= 15 is 0 Å². The van der Waals surface area contributed by atoms with Crippen LogP contribution in [0.3, 0.4) is 0 Å². The van der Waals surface area contributed by atoms with Crippen molar-refractivity contribution in [3.63, 3.8) is 0 Å². The quantitative estimate of drug-likeness (QED) is 0.108. The highest BCUT2D eigenvalue weighted by Gasteiger charge is 2.56. The maximum absolute atomic E-state index is 12.4. The predicted molar refractivity (Wildman–Crippen MR) is 130 cm³/mol. The van der Waals surface area contributed by atoms with Gasteiger partial charge in [0, 0.05) is 40.1 Å². The number of nitrogens with one attached hydrogen (secondary N) is 2. The summed E-state index contributed by atoms with van der Waals surface area (Å²) in [5.74, 6) is -3.86. The lowest BCUT2D eigenvalue weighted by Gasteiger charge is -2.47. The van der Waals surface area contributed by atoms with Crippen molar-refractivity contribution in [1.29, 1.82) is 0 Å². The second kappa shape index (κ2) is 14.0. The summed E-state index contributed by atoms with van der Waals surface area (Å²) in [7, 11) is 1.24. The zero-order valence-corrected chi connectivity index (χ0v) is 22.6. The summed E-state index contributed by atoms with van der Waals surface area (Å²) in [4.78, 5) is 44.5. The lowest BCUT2D eigenvalue weighted by molar-refractivity contribution is -0.251. The third-order valence-electron chi connectivity index (χ3n) is 6.24. The van der Waals surface area contributed by atoms with Gasteiger partial charge < -0.3 is 60.2 Å². The van der Waals surface area contributed by atoms with E-state index < -0.39 is 103 Å². The standard InChI is InChI=1S/C22H36N2O14S/c1-8(25)23-14-11(28)5-22(21(33)34,38-19(14)16(30)12(29)6-36-10(3)27)39-7-13-17(31)18(32)15(24-9(2)26)20(35-4)37-13/h11-20,28-32H,5-7H2,1-4H3,(H,23,25)(H,24,26)(H,33,34). The molecule has 0 spiro atoms. The van der Waals surface area contributed by atoms with E-state index in [2.05, 4.69) is 15.4 Å². The molecule has 0 radical (unpaired) electrons. The summed E-state index contributed by atoms with van der Waals surface area (Å²) in [5, 5.41) is 67.9. The number of hydrogen-bond acceptors (Lipinski definition) is 14. The molecule has 0 bridgehead atoms. The molecule has 0 aromatic rings. The summed E-state index contributed by atoms with van der Waals surface area (Å²) in [6, 6.07) is -2.48. The highest BCUT2D eigenvalue weighted by molar-refractivity contribution is 8.01. The van der Waals surface area contributed by atoms with Crippen molar-refractivity contribution in [1.82, 2.24) is 10.6 Å². The van der Waals surface area contributed by atoms with Crippen molar-refractivity contribution >= 4 is 35.5 Å². The number of carboxylic acids is 1. The van der Waals surface area contributed by atoms with Crippen LogP contribution in [0.25, 0.3) is 0 Å². The number of methoxy groups -OCH3 is 1. The average molecular weight is 585 g/mol. The molecule has 8 N–H and O–H groups in total. The second-order valence-electron chi connectivity index (χ2n) is 9.30. The number of aliphatic hydroxyl groups excluding tert-OH is 5. The molecule has 2 amide bonds. The van der Waals surface area contributed by atoms with Gasteiger partial charge in [-0.15, -0.1) is 11.8 Å². The summed E-state index contributed by atoms with van der Waals surface area (Å²) in [6.07, 6.45) is -13.2. The second-order valence-corrected chi connectivity index (χ2v) is 10.6. The number of carbonyl (C=O) groups excluding carboxylic acids is 3. The molecule has 2 aliphatic rings. The van der Waals surface area contributed by atoms with Crippen molar-refractivity contribution in [2.24, 2.45) is 0 Å². The van der Waals surface area contributed by atoms with Gasteiger partial charge >= 0.3 is 11.9 Å². The van der Waals surface area contributed by atoms with Crippen LogP contribution >= 0.6 is 11.8 Å². The molecule has 224 valence electrons. The Bertz CT molecular complexity index is 893. The summed E-state index contributed by atoms with van der Waals surface area (Å²) < 4.78 is 21.2. The molecule has 11 unspecified atom stereocenters. The maximum Gasteiger partial charge on any atom is 0.346 e. The van der Waals surface area contributed by atoms with E-state index in [9.17, 15) is 49.8 Å². The van der Waals surface area contributed by atoms with Crippen LogP contribution in [0.4, 0.5) is 0 Å². The van der Waals surface area contributed by atoms with Gasteiger partial charge in [0.25, 0.3) is 0 Å². The molecule has 0 aromatic carbocycles. The first kappa shape index (κ1) is 33.1. The first-order valence-electron chi connectivity index (χ1n) is 11.9. The Morgan fingerprint density at radius 2 is 1.62 bits per heavy atom. The van der Waals surface area contributed by atoms with Crippen molar-refractivity contribution in [3.05, 3.63) is 0 Å². The van der Waals surface area contributed by atoms with Gasteiger partial charge in [-0.2, -0.15) is 0 Å². The van der Waals surface area contributed by atoms with Gasteiger partial charge in [-0.3, -0.25) is 14.4 Å². The van der Waals surface area contributed by atoms with Crippen LogP contribution in [0.5, 0.6) is 0 Å². The lowest BCUT2D eigenvalue weighted by Crippen LogP contribution is -2.67. The topological polar surface area (TPSA) is 251 Å². The maximum atomic E-state index is 12.4. The van der Waals surface area contributed by atoms with Crippen molar-refractivity contribution in [2.75, 3.05) is 19.5 Å². The number of aliphatic carboxylic acids is 1. The predicted octanol–water partition coefficient (Wildman–Crippen LogP) is -3.96. The van der Waals surface area contributed by atoms with E-state index in [4.69, 9.17) is 14.2 Å². The van der Waals surface area contributed by atoms with Crippen LogP contribution in [-0.2, 0) is 38.1 Å². The van der Waals surface area contributed by atoms with Crippen molar-refractivity contribution in [3.8, 4) is 0 Å². The van der Waals surface area contributed by atoms with E-state index in [1.165, 1.54) is 14.0 Å². The zero-order valence-electron chi connectivity index (χ0n) is 21.8. The third kappa shape index (κ3) is 8.21. The first-order valence-corrected chi connectivity index (χ1v) is 12.9. The number of aliphatic hydroxyl groups is 5. The molecule has 2 fully saturated rings. The molecule has 17 heteroatoms. The number of rotatable bonds is 11. The molecule has 16 nitrogen and oxygen atoms in total. The van der Waals surface area contributed by atoms with Crippen LogP contribution in [0.2, 0.25) is 0 Å². The average Bonchev–Trinajstić information content (AvgIpc) is 2.85. The summed E-state index contributed by atoms with van der Waals surface area (Å²) in [5.41, 5.74) is 0. The fraction of sp³-hybridized carbons (Fsp3) is 0.818. The van der Waals surface area contributed by atoms with Gasteiger partial charge in [-0.25, -0.2) is 4.79 Å². The monoisotopic (exact) mass is 584 g/mol. The molecule has 2 heterocycles.